The van der Waals surface area contributed by atoms with E-state index in [0.717, 1.165) is 49.7 Å². The van der Waals surface area contributed by atoms with Crippen molar-refractivity contribution >= 4 is 5.97 Å². The van der Waals surface area contributed by atoms with E-state index in [0.29, 0.717) is 12.5 Å². The molecular weight excluding hydrogens is 334 g/mol. The molecule has 0 aliphatic carbocycles. The molecule has 2 heterocycles. The van der Waals surface area contributed by atoms with Gasteiger partial charge in [-0.3, -0.25) is 14.4 Å². The van der Waals surface area contributed by atoms with Gasteiger partial charge < -0.3 is 14.6 Å². The molecule has 0 spiro atoms. The largest absolute Gasteiger partial charge is 0.493 e. The average Bonchev–Trinajstić information content (AvgIpc) is 3.10. The molecule has 26 heavy (non-hydrogen) atoms. The van der Waals surface area contributed by atoms with Gasteiger partial charge in [0, 0.05) is 25.2 Å². The summed E-state index contributed by atoms with van der Waals surface area (Å²) in [6, 6.07) is 9.59. The first-order valence-corrected chi connectivity index (χ1v) is 8.89. The number of nitrogens with zero attached hydrogens (tertiary/aromatic N) is 3. The SMILES string of the molecule is COc1ccccc1OCCN1CCC[C@H](c2ccn(CC(=O)O)n2)C1. The molecule has 1 saturated heterocycles. The molecule has 0 radical (unpaired) electrons. The summed E-state index contributed by atoms with van der Waals surface area (Å²) >= 11 is 0. The molecule has 2 aromatic rings. The Bertz CT molecular complexity index is 731. The fourth-order valence-electron chi connectivity index (χ4n) is 3.34. The molecule has 1 fully saturated rings. The number of methoxy groups -OCH3 is 1. The molecule has 7 heteroatoms. The van der Waals surface area contributed by atoms with E-state index in [-0.39, 0.29) is 6.54 Å². The number of piperidine rings is 1. The Balaban J connectivity index is 1.50. The lowest BCUT2D eigenvalue weighted by atomic mass is 9.95. The van der Waals surface area contributed by atoms with Crippen molar-refractivity contribution in [2.75, 3.05) is 33.4 Å². The number of aliphatic carboxylic acids is 1. The number of ether oxygens (including phenoxy) is 2. The van der Waals surface area contributed by atoms with Crippen LogP contribution in [0.15, 0.2) is 36.5 Å². The van der Waals surface area contributed by atoms with Gasteiger partial charge in [0.25, 0.3) is 0 Å². The van der Waals surface area contributed by atoms with Crippen molar-refractivity contribution in [3.05, 3.63) is 42.2 Å². The summed E-state index contributed by atoms with van der Waals surface area (Å²) in [5.41, 5.74) is 0.974. The van der Waals surface area contributed by atoms with Crippen molar-refractivity contribution in [1.29, 1.82) is 0 Å². The third-order valence-electron chi connectivity index (χ3n) is 4.62. The maximum absolute atomic E-state index is 10.8. The lowest BCUT2D eigenvalue weighted by molar-refractivity contribution is -0.137. The van der Waals surface area contributed by atoms with Gasteiger partial charge in [0.05, 0.1) is 12.8 Å². The van der Waals surface area contributed by atoms with Crippen molar-refractivity contribution in [2.45, 2.75) is 25.3 Å². The molecule has 1 aliphatic heterocycles. The van der Waals surface area contributed by atoms with Gasteiger partial charge in [-0.25, -0.2) is 0 Å². The average molecular weight is 359 g/mol. The topological polar surface area (TPSA) is 76.8 Å². The smallest absolute Gasteiger partial charge is 0.325 e. The molecule has 1 atom stereocenters. The van der Waals surface area contributed by atoms with Gasteiger partial charge in [0.2, 0.25) is 0 Å². The van der Waals surface area contributed by atoms with Crippen LogP contribution in [0.3, 0.4) is 0 Å². The fourth-order valence-corrected chi connectivity index (χ4v) is 3.34. The van der Waals surface area contributed by atoms with E-state index in [1.165, 1.54) is 4.68 Å². The van der Waals surface area contributed by atoms with Crippen LogP contribution in [-0.4, -0.2) is 59.1 Å². The van der Waals surface area contributed by atoms with E-state index in [1.807, 2.05) is 30.3 Å². The number of rotatable bonds is 8. The Labute approximate surface area is 153 Å². The van der Waals surface area contributed by atoms with Gasteiger partial charge in [-0.2, -0.15) is 5.10 Å². The number of hydrogen-bond donors (Lipinski definition) is 1. The maximum atomic E-state index is 10.8. The zero-order valence-corrected chi connectivity index (χ0v) is 15.0. The summed E-state index contributed by atoms with van der Waals surface area (Å²) in [4.78, 5) is 13.2. The summed E-state index contributed by atoms with van der Waals surface area (Å²) in [5, 5.41) is 13.3. The lowest BCUT2D eigenvalue weighted by Crippen LogP contribution is -2.37. The van der Waals surface area contributed by atoms with Gasteiger partial charge in [0.15, 0.2) is 11.5 Å². The molecule has 3 rings (SSSR count). The zero-order chi connectivity index (χ0) is 18.4. The molecule has 0 unspecified atom stereocenters. The highest BCUT2D eigenvalue weighted by molar-refractivity contribution is 5.66. The van der Waals surface area contributed by atoms with Crippen LogP contribution in [0, 0.1) is 0 Å². The van der Waals surface area contributed by atoms with Gasteiger partial charge in [-0.15, -0.1) is 0 Å². The Hall–Kier alpha value is -2.54. The number of carboxylic acids is 1. The van der Waals surface area contributed by atoms with Crippen molar-refractivity contribution in [3.63, 3.8) is 0 Å². The number of benzene rings is 1. The molecule has 0 bridgehead atoms. The van der Waals surface area contributed by atoms with Crippen molar-refractivity contribution in [2.24, 2.45) is 0 Å². The van der Waals surface area contributed by atoms with Gasteiger partial charge >= 0.3 is 5.97 Å². The summed E-state index contributed by atoms with van der Waals surface area (Å²) in [5.74, 6) is 0.965. The molecule has 1 N–H and O–H groups in total. The van der Waals surface area contributed by atoms with Crippen LogP contribution in [0.1, 0.15) is 24.5 Å². The number of likely N-dealkylation sites (tertiary alicyclic amines) is 1. The van der Waals surface area contributed by atoms with Crippen LogP contribution in [0.2, 0.25) is 0 Å². The van der Waals surface area contributed by atoms with E-state index < -0.39 is 5.97 Å². The maximum Gasteiger partial charge on any atom is 0.325 e. The molecule has 0 amide bonds. The van der Waals surface area contributed by atoms with Crippen molar-refractivity contribution in [3.8, 4) is 11.5 Å². The third kappa shape index (κ3) is 4.76. The number of hydrogen-bond acceptors (Lipinski definition) is 5. The van der Waals surface area contributed by atoms with Crippen LogP contribution in [0.5, 0.6) is 11.5 Å². The summed E-state index contributed by atoms with van der Waals surface area (Å²) < 4.78 is 12.7. The third-order valence-corrected chi connectivity index (χ3v) is 4.62. The second kappa shape index (κ2) is 8.71. The highest BCUT2D eigenvalue weighted by Crippen LogP contribution is 2.27. The number of para-hydroxylation sites is 2. The molecule has 1 aliphatic rings. The molecule has 1 aromatic heterocycles. The lowest BCUT2D eigenvalue weighted by Gasteiger charge is -2.31. The minimum Gasteiger partial charge on any atom is -0.493 e. The highest BCUT2D eigenvalue weighted by Gasteiger charge is 2.23. The van der Waals surface area contributed by atoms with Gasteiger partial charge in [-0.1, -0.05) is 12.1 Å². The molecule has 140 valence electrons. The molecule has 0 saturated carbocycles. The van der Waals surface area contributed by atoms with Crippen LogP contribution < -0.4 is 9.47 Å². The Morgan fingerprint density at radius 1 is 1.31 bits per heavy atom. The fraction of sp³-hybridized carbons (Fsp3) is 0.474. The summed E-state index contributed by atoms with van der Waals surface area (Å²) in [6.45, 7) is 3.30. The van der Waals surface area contributed by atoms with E-state index in [2.05, 4.69) is 10.00 Å². The quantitative estimate of drug-likeness (QED) is 0.779. The summed E-state index contributed by atoms with van der Waals surface area (Å²) in [7, 11) is 1.64. The molecular formula is C19H25N3O4. The second-order valence-electron chi connectivity index (χ2n) is 6.47. The molecule has 7 nitrogen and oxygen atoms in total. The Morgan fingerprint density at radius 2 is 2.12 bits per heavy atom. The van der Waals surface area contributed by atoms with E-state index in [9.17, 15) is 4.79 Å². The van der Waals surface area contributed by atoms with E-state index in [1.54, 1.807) is 13.3 Å². The molecule has 1 aromatic carbocycles. The number of carbonyl (C=O) groups is 1. The first-order valence-electron chi connectivity index (χ1n) is 8.89. The normalized spacial score (nSPS) is 17.8. The first kappa shape index (κ1) is 18.3. The van der Waals surface area contributed by atoms with Crippen molar-refractivity contribution in [1.82, 2.24) is 14.7 Å². The van der Waals surface area contributed by atoms with Crippen molar-refractivity contribution < 1.29 is 19.4 Å². The number of aromatic nitrogens is 2. The first-order chi connectivity index (χ1) is 12.7. The zero-order valence-electron chi connectivity index (χ0n) is 15.0. The second-order valence-corrected chi connectivity index (χ2v) is 6.47. The van der Waals surface area contributed by atoms with Crippen LogP contribution >= 0.6 is 0 Å². The Morgan fingerprint density at radius 3 is 2.88 bits per heavy atom. The highest BCUT2D eigenvalue weighted by atomic mass is 16.5. The van der Waals surface area contributed by atoms with E-state index in [4.69, 9.17) is 14.6 Å². The van der Waals surface area contributed by atoms with Crippen LogP contribution in [0.4, 0.5) is 0 Å². The van der Waals surface area contributed by atoms with Gasteiger partial charge in [0.1, 0.15) is 13.2 Å². The number of carboxylic acid groups (broad SMARTS) is 1. The predicted molar refractivity (Wildman–Crippen MR) is 96.8 cm³/mol. The standard InChI is InChI=1S/C19H25N3O4/c1-25-17-6-2-3-7-18(17)26-12-11-21-9-4-5-15(13-21)16-8-10-22(20-16)14-19(23)24/h2-3,6-8,10,15H,4-5,9,11-14H2,1H3,(H,23,24)/t15-/m0/s1. The van der Waals surface area contributed by atoms with Crippen LogP contribution in [0.25, 0.3) is 0 Å². The van der Waals surface area contributed by atoms with E-state index >= 15 is 0 Å². The monoisotopic (exact) mass is 359 g/mol. The Kier molecular flexibility index (Phi) is 6.12. The van der Waals surface area contributed by atoms with Crippen LogP contribution in [-0.2, 0) is 11.3 Å². The minimum absolute atomic E-state index is 0.0941. The van der Waals surface area contributed by atoms with Gasteiger partial charge in [-0.05, 0) is 37.6 Å². The summed E-state index contributed by atoms with van der Waals surface area (Å²) in [6.07, 6.45) is 3.92. The minimum atomic E-state index is -0.876. The predicted octanol–water partition coefficient (Wildman–Crippen LogP) is 2.23.